The molecule has 0 bridgehead atoms. The minimum atomic E-state index is -0.221. The normalized spacial score (nSPS) is 10.4. The van der Waals surface area contributed by atoms with Crippen LogP contribution in [0.4, 0.5) is 0 Å². The number of aromatic nitrogens is 1. The molecule has 0 aromatic carbocycles. The maximum absolute atomic E-state index is 11.7. The van der Waals surface area contributed by atoms with Crippen molar-refractivity contribution < 1.29 is 14.0 Å². The Morgan fingerprint density at radius 1 is 1.35 bits per heavy atom. The Labute approximate surface area is 97.4 Å². The summed E-state index contributed by atoms with van der Waals surface area (Å²) in [5.41, 5.74) is 1.89. The summed E-state index contributed by atoms with van der Waals surface area (Å²) in [6.45, 7) is 2.23. The molecule has 2 aromatic heterocycles. The highest BCUT2D eigenvalue weighted by molar-refractivity contribution is 5.96. The third-order valence-electron chi connectivity index (χ3n) is 2.27. The Morgan fingerprint density at radius 3 is 2.82 bits per heavy atom. The standard InChI is InChI=1S/C11H13N3O3/c1-7(15)12-3-4-13-11(16)9-6-10-8(14-9)2-5-17-10/h2,5-6,14H,3-4H2,1H3,(H,12,15)(H,13,16). The fraction of sp³-hybridized carbons (Fsp3) is 0.273. The first-order valence-electron chi connectivity index (χ1n) is 5.25. The summed E-state index contributed by atoms with van der Waals surface area (Å²) in [6, 6.07) is 3.40. The first-order chi connectivity index (χ1) is 8.16. The maximum atomic E-state index is 11.7. The van der Waals surface area contributed by atoms with E-state index >= 15 is 0 Å². The average Bonchev–Trinajstić information content (AvgIpc) is 2.83. The summed E-state index contributed by atoms with van der Waals surface area (Å²) in [5.74, 6) is -0.335. The van der Waals surface area contributed by atoms with E-state index in [4.69, 9.17) is 4.42 Å². The number of aromatic amines is 1. The predicted octanol–water partition coefficient (Wildman–Crippen LogP) is 0.627. The van der Waals surface area contributed by atoms with Crippen LogP contribution in [0.15, 0.2) is 22.8 Å². The van der Waals surface area contributed by atoms with Gasteiger partial charge in [0.2, 0.25) is 5.91 Å². The summed E-state index contributed by atoms with van der Waals surface area (Å²) in [5, 5.41) is 5.27. The van der Waals surface area contributed by atoms with E-state index in [9.17, 15) is 9.59 Å². The molecule has 0 saturated heterocycles. The van der Waals surface area contributed by atoms with E-state index in [2.05, 4.69) is 15.6 Å². The lowest BCUT2D eigenvalue weighted by molar-refractivity contribution is -0.118. The molecule has 2 rings (SSSR count). The zero-order valence-corrected chi connectivity index (χ0v) is 9.37. The highest BCUT2D eigenvalue weighted by Gasteiger charge is 2.10. The molecular weight excluding hydrogens is 222 g/mol. The Hall–Kier alpha value is -2.24. The Morgan fingerprint density at radius 2 is 2.12 bits per heavy atom. The van der Waals surface area contributed by atoms with Gasteiger partial charge in [0.1, 0.15) is 5.69 Å². The smallest absolute Gasteiger partial charge is 0.267 e. The average molecular weight is 235 g/mol. The molecule has 3 N–H and O–H groups in total. The molecule has 0 unspecified atom stereocenters. The van der Waals surface area contributed by atoms with Gasteiger partial charge < -0.3 is 20.0 Å². The van der Waals surface area contributed by atoms with E-state index in [1.165, 1.54) is 6.92 Å². The number of nitrogens with one attached hydrogen (secondary N) is 3. The number of amides is 2. The number of hydrogen-bond acceptors (Lipinski definition) is 3. The van der Waals surface area contributed by atoms with Crippen LogP contribution < -0.4 is 10.6 Å². The summed E-state index contributed by atoms with van der Waals surface area (Å²) < 4.78 is 5.14. The van der Waals surface area contributed by atoms with Crippen LogP contribution in [-0.2, 0) is 4.79 Å². The van der Waals surface area contributed by atoms with Crippen LogP contribution in [0.3, 0.4) is 0 Å². The molecule has 2 amide bonds. The van der Waals surface area contributed by atoms with Crippen LogP contribution in [0.25, 0.3) is 11.1 Å². The largest absolute Gasteiger partial charge is 0.463 e. The van der Waals surface area contributed by atoms with Crippen LogP contribution in [0.1, 0.15) is 17.4 Å². The van der Waals surface area contributed by atoms with Crippen LogP contribution in [0.5, 0.6) is 0 Å². The number of rotatable bonds is 4. The van der Waals surface area contributed by atoms with Gasteiger partial charge in [-0.1, -0.05) is 0 Å². The molecule has 2 heterocycles. The fourth-order valence-corrected chi connectivity index (χ4v) is 1.48. The molecule has 0 aliphatic carbocycles. The number of furan rings is 1. The van der Waals surface area contributed by atoms with E-state index < -0.39 is 0 Å². The van der Waals surface area contributed by atoms with Crippen molar-refractivity contribution in [1.29, 1.82) is 0 Å². The zero-order chi connectivity index (χ0) is 12.3. The van der Waals surface area contributed by atoms with Crippen molar-refractivity contribution in [1.82, 2.24) is 15.6 Å². The summed E-state index contributed by atoms with van der Waals surface area (Å²) in [7, 11) is 0. The topological polar surface area (TPSA) is 87.1 Å². The van der Waals surface area contributed by atoms with Crippen molar-refractivity contribution in [2.75, 3.05) is 13.1 Å². The first-order valence-corrected chi connectivity index (χ1v) is 5.25. The van der Waals surface area contributed by atoms with E-state index in [1.54, 1.807) is 18.4 Å². The minimum Gasteiger partial charge on any atom is -0.463 e. The van der Waals surface area contributed by atoms with Crippen molar-refractivity contribution in [3.8, 4) is 0 Å². The summed E-state index contributed by atoms with van der Waals surface area (Å²) >= 11 is 0. The van der Waals surface area contributed by atoms with Gasteiger partial charge in [-0.3, -0.25) is 9.59 Å². The lowest BCUT2D eigenvalue weighted by Crippen LogP contribution is -2.33. The van der Waals surface area contributed by atoms with Gasteiger partial charge in [0, 0.05) is 32.1 Å². The molecule has 17 heavy (non-hydrogen) atoms. The monoisotopic (exact) mass is 235 g/mol. The van der Waals surface area contributed by atoms with Crippen molar-refractivity contribution >= 4 is 22.9 Å². The van der Waals surface area contributed by atoms with Gasteiger partial charge >= 0.3 is 0 Å². The van der Waals surface area contributed by atoms with Crippen molar-refractivity contribution in [2.45, 2.75) is 6.92 Å². The minimum absolute atomic E-state index is 0.114. The van der Waals surface area contributed by atoms with Gasteiger partial charge in [-0.25, -0.2) is 0 Å². The Balaban J connectivity index is 1.87. The summed E-state index contributed by atoms with van der Waals surface area (Å²) in [4.78, 5) is 25.2. The lowest BCUT2D eigenvalue weighted by atomic mass is 10.4. The van der Waals surface area contributed by atoms with Crippen LogP contribution in [-0.4, -0.2) is 29.9 Å². The number of carbonyl (C=O) groups excluding carboxylic acids is 2. The second kappa shape index (κ2) is 4.73. The zero-order valence-electron chi connectivity index (χ0n) is 9.37. The van der Waals surface area contributed by atoms with E-state index in [0.29, 0.717) is 24.4 Å². The molecule has 2 aromatic rings. The van der Waals surface area contributed by atoms with Gasteiger partial charge in [0.15, 0.2) is 5.58 Å². The quantitative estimate of drug-likeness (QED) is 0.679. The van der Waals surface area contributed by atoms with Gasteiger partial charge in [-0.05, 0) is 0 Å². The van der Waals surface area contributed by atoms with Gasteiger partial charge in [-0.15, -0.1) is 0 Å². The molecular formula is C11H13N3O3. The second-order valence-electron chi connectivity index (χ2n) is 3.62. The third kappa shape index (κ3) is 2.66. The van der Waals surface area contributed by atoms with Gasteiger partial charge in [0.25, 0.3) is 5.91 Å². The van der Waals surface area contributed by atoms with Crippen molar-refractivity contribution in [3.05, 3.63) is 24.1 Å². The molecule has 0 aliphatic rings. The first kappa shape index (κ1) is 11.3. The SMILES string of the molecule is CC(=O)NCCNC(=O)c1cc2occc2[nH]1. The van der Waals surface area contributed by atoms with E-state index in [0.717, 1.165) is 5.52 Å². The van der Waals surface area contributed by atoms with Gasteiger partial charge in [0.05, 0.1) is 11.8 Å². The number of H-pyrrole nitrogens is 1. The second-order valence-corrected chi connectivity index (χ2v) is 3.62. The van der Waals surface area contributed by atoms with Crippen molar-refractivity contribution in [2.24, 2.45) is 0 Å². The number of fused-ring (bicyclic) bond motifs is 1. The Bertz CT molecular complexity index is 512. The van der Waals surface area contributed by atoms with Crippen LogP contribution >= 0.6 is 0 Å². The molecule has 0 atom stereocenters. The molecule has 6 nitrogen and oxygen atoms in total. The third-order valence-corrected chi connectivity index (χ3v) is 2.27. The highest BCUT2D eigenvalue weighted by atomic mass is 16.3. The van der Waals surface area contributed by atoms with Crippen LogP contribution in [0, 0.1) is 0 Å². The molecule has 0 saturated carbocycles. The number of carbonyl (C=O) groups is 2. The predicted molar refractivity (Wildman–Crippen MR) is 61.6 cm³/mol. The lowest BCUT2D eigenvalue weighted by Gasteiger charge is -2.03. The van der Waals surface area contributed by atoms with Crippen LogP contribution in [0.2, 0.25) is 0 Å². The van der Waals surface area contributed by atoms with Gasteiger partial charge in [-0.2, -0.15) is 0 Å². The fourth-order valence-electron chi connectivity index (χ4n) is 1.48. The highest BCUT2D eigenvalue weighted by Crippen LogP contribution is 2.15. The number of hydrogen-bond donors (Lipinski definition) is 3. The summed E-state index contributed by atoms with van der Waals surface area (Å²) in [6.07, 6.45) is 1.56. The molecule has 0 fully saturated rings. The maximum Gasteiger partial charge on any atom is 0.267 e. The van der Waals surface area contributed by atoms with E-state index in [-0.39, 0.29) is 11.8 Å². The molecule has 0 radical (unpaired) electrons. The van der Waals surface area contributed by atoms with E-state index in [1.807, 2.05) is 0 Å². The molecule has 0 aliphatic heterocycles. The molecule has 90 valence electrons. The molecule has 6 heteroatoms. The molecule has 0 spiro atoms. The Kier molecular flexibility index (Phi) is 3.13. The van der Waals surface area contributed by atoms with Crippen molar-refractivity contribution in [3.63, 3.8) is 0 Å².